The summed E-state index contributed by atoms with van der Waals surface area (Å²) in [7, 11) is 0. The van der Waals surface area contributed by atoms with Gasteiger partial charge in [0.05, 0.1) is 6.54 Å². The first-order chi connectivity index (χ1) is 11.1. The molecule has 0 spiro atoms. The number of aryl methyl sites for hydroxylation is 1. The Morgan fingerprint density at radius 3 is 2.65 bits per heavy atom. The molecule has 2 heterocycles. The van der Waals surface area contributed by atoms with Crippen LogP contribution in [0.2, 0.25) is 0 Å². The van der Waals surface area contributed by atoms with E-state index >= 15 is 0 Å². The summed E-state index contributed by atoms with van der Waals surface area (Å²) in [6.07, 6.45) is 1.30. The summed E-state index contributed by atoms with van der Waals surface area (Å²) in [6, 6.07) is 7.11. The zero-order valence-corrected chi connectivity index (χ0v) is 12.6. The molecular weight excluding hydrogens is 298 g/mol. The second-order valence-corrected chi connectivity index (χ2v) is 5.09. The third kappa shape index (κ3) is 2.71. The Balaban J connectivity index is 2.05. The van der Waals surface area contributed by atoms with Gasteiger partial charge in [0.15, 0.2) is 11.5 Å². The van der Waals surface area contributed by atoms with Crippen molar-refractivity contribution in [3.63, 3.8) is 0 Å². The van der Waals surface area contributed by atoms with Gasteiger partial charge in [-0.25, -0.2) is 4.79 Å². The standard InChI is InChI=1S/C16H15N3O4/c1-2-18-10-12(8-17)15(20)19(16(18)21)9-11-3-4-13-14(7-11)23-6-5-22-13/h3-4,7,10H,2,5-6,9H2,1H3. The minimum atomic E-state index is -0.586. The molecule has 1 aromatic heterocycles. The lowest BCUT2D eigenvalue weighted by atomic mass is 10.2. The van der Waals surface area contributed by atoms with E-state index in [1.807, 2.05) is 6.07 Å². The molecule has 0 N–H and O–H groups in total. The number of benzene rings is 1. The van der Waals surface area contributed by atoms with Crippen molar-refractivity contribution >= 4 is 0 Å². The van der Waals surface area contributed by atoms with Crippen molar-refractivity contribution in [1.29, 1.82) is 5.26 Å². The molecule has 1 aliphatic rings. The van der Waals surface area contributed by atoms with Crippen LogP contribution in [0.1, 0.15) is 18.1 Å². The topological polar surface area (TPSA) is 86.2 Å². The van der Waals surface area contributed by atoms with Crippen molar-refractivity contribution in [3.05, 3.63) is 56.4 Å². The first-order valence-electron chi connectivity index (χ1n) is 7.27. The highest BCUT2D eigenvalue weighted by Crippen LogP contribution is 2.30. The summed E-state index contributed by atoms with van der Waals surface area (Å²) in [5.41, 5.74) is -0.348. The number of aromatic nitrogens is 2. The van der Waals surface area contributed by atoms with Crippen molar-refractivity contribution in [2.24, 2.45) is 0 Å². The average molecular weight is 313 g/mol. The normalized spacial score (nSPS) is 12.7. The fourth-order valence-corrected chi connectivity index (χ4v) is 2.46. The number of hydrogen-bond acceptors (Lipinski definition) is 5. The molecule has 0 aliphatic carbocycles. The maximum Gasteiger partial charge on any atom is 0.331 e. The van der Waals surface area contributed by atoms with Crippen molar-refractivity contribution < 1.29 is 9.47 Å². The van der Waals surface area contributed by atoms with Crippen molar-refractivity contribution in [1.82, 2.24) is 9.13 Å². The lowest BCUT2D eigenvalue weighted by molar-refractivity contribution is 0.171. The Hall–Kier alpha value is -3.01. The molecule has 7 nitrogen and oxygen atoms in total. The summed E-state index contributed by atoms with van der Waals surface area (Å²) in [6.45, 7) is 3.19. The highest BCUT2D eigenvalue weighted by molar-refractivity contribution is 5.43. The third-order valence-corrected chi connectivity index (χ3v) is 3.65. The molecule has 7 heteroatoms. The Kier molecular flexibility index (Phi) is 3.89. The molecule has 0 saturated carbocycles. The first-order valence-corrected chi connectivity index (χ1v) is 7.27. The van der Waals surface area contributed by atoms with Crippen LogP contribution >= 0.6 is 0 Å². The predicted molar refractivity (Wildman–Crippen MR) is 81.9 cm³/mol. The number of rotatable bonds is 3. The van der Waals surface area contributed by atoms with Gasteiger partial charge in [0.2, 0.25) is 0 Å². The Morgan fingerprint density at radius 1 is 1.22 bits per heavy atom. The van der Waals surface area contributed by atoms with Gasteiger partial charge in [0.25, 0.3) is 5.56 Å². The molecule has 118 valence electrons. The van der Waals surface area contributed by atoms with Crippen LogP contribution in [0.15, 0.2) is 34.0 Å². The van der Waals surface area contributed by atoms with Gasteiger partial charge in [-0.1, -0.05) is 6.07 Å². The summed E-state index contributed by atoms with van der Waals surface area (Å²) in [4.78, 5) is 24.6. The Morgan fingerprint density at radius 2 is 1.96 bits per heavy atom. The minimum Gasteiger partial charge on any atom is -0.486 e. The average Bonchev–Trinajstić information content (AvgIpc) is 2.59. The van der Waals surface area contributed by atoms with E-state index in [2.05, 4.69) is 0 Å². The van der Waals surface area contributed by atoms with E-state index in [0.717, 1.165) is 10.1 Å². The van der Waals surface area contributed by atoms with Gasteiger partial charge in [-0.05, 0) is 24.6 Å². The molecule has 0 amide bonds. The quantitative estimate of drug-likeness (QED) is 0.833. The monoisotopic (exact) mass is 313 g/mol. The number of nitrogens with zero attached hydrogens (tertiary/aromatic N) is 3. The third-order valence-electron chi connectivity index (χ3n) is 3.65. The number of fused-ring (bicyclic) bond motifs is 1. The van der Waals surface area contributed by atoms with Crippen LogP contribution in [0.25, 0.3) is 0 Å². The minimum absolute atomic E-state index is 0.0519. The maximum atomic E-state index is 12.3. The lowest BCUT2D eigenvalue weighted by Gasteiger charge is -2.19. The molecule has 1 aliphatic heterocycles. The molecule has 0 saturated heterocycles. The van der Waals surface area contributed by atoms with E-state index in [1.165, 1.54) is 10.8 Å². The zero-order valence-electron chi connectivity index (χ0n) is 12.6. The Labute approximate surface area is 131 Å². The number of hydrogen-bond donors (Lipinski definition) is 0. The maximum absolute atomic E-state index is 12.3. The molecule has 0 atom stereocenters. The fourth-order valence-electron chi connectivity index (χ4n) is 2.46. The van der Waals surface area contributed by atoms with Crippen molar-refractivity contribution in [2.75, 3.05) is 13.2 Å². The van der Waals surface area contributed by atoms with Gasteiger partial charge in [-0.2, -0.15) is 5.26 Å². The number of ether oxygens (including phenoxy) is 2. The SMILES string of the molecule is CCn1cc(C#N)c(=O)n(Cc2ccc3c(c2)OCCO3)c1=O. The molecule has 0 bridgehead atoms. The van der Waals surface area contributed by atoms with E-state index in [9.17, 15) is 9.59 Å². The van der Waals surface area contributed by atoms with Crippen LogP contribution in [0.3, 0.4) is 0 Å². The van der Waals surface area contributed by atoms with Crippen molar-refractivity contribution in [3.8, 4) is 17.6 Å². The van der Waals surface area contributed by atoms with E-state index in [-0.39, 0.29) is 12.1 Å². The van der Waals surface area contributed by atoms with Crippen LogP contribution < -0.4 is 20.7 Å². The molecule has 0 fully saturated rings. The predicted octanol–water partition coefficient (Wildman–Crippen LogP) is 0.721. The van der Waals surface area contributed by atoms with Crippen LogP contribution in [0, 0.1) is 11.3 Å². The molecule has 0 unspecified atom stereocenters. The van der Waals surface area contributed by atoms with Gasteiger partial charge in [0.1, 0.15) is 24.8 Å². The van der Waals surface area contributed by atoms with Crippen LogP contribution in [0.4, 0.5) is 0 Å². The van der Waals surface area contributed by atoms with Gasteiger partial charge in [0, 0.05) is 12.7 Å². The molecule has 3 rings (SSSR count). The number of nitriles is 1. The summed E-state index contributed by atoms with van der Waals surface area (Å²) in [5, 5.41) is 9.06. The van der Waals surface area contributed by atoms with Crippen LogP contribution in [-0.2, 0) is 13.1 Å². The molecule has 23 heavy (non-hydrogen) atoms. The van der Waals surface area contributed by atoms with E-state index in [4.69, 9.17) is 14.7 Å². The molecule has 0 radical (unpaired) electrons. The van der Waals surface area contributed by atoms with Gasteiger partial charge < -0.3 is 9.47 Å². The smallest absolute Gasteiger partial charge is 0.331 e. The Bertz CT molecular complexity index is 905. The highest BCUT2D eigenvalue weighted by Gasteiger charge is 2.14. The zero-order chi connectivity index (χ0) is 16.4. The van der Waals surface area contributed by atoms with E-state index < -0.39 is 11.2 Å². The summed E-state index contributed by atoms with van der Waals surface area (Å²) < 4.78 is 13.4. The van der Waals surface area contributed by atoms with Gasteiger partial charge in [-0.15, -0.1) is 0 Å². The highest BCUT2D eigenvalue weighted by atomic mass is 16.6. The largest absolute Gasteiger partial charge is 0.486 e. The second-order valence-electron chi connectivity index (χ2n) is 5.09. The lowest BCUT2D eigenvalue weighted by Crippen LogP contribution is -2.40. The van der Waals surface area contributed by atoms with E-state index in [1.54, 1.807) is 25.1 Å². The molecular formula is C16H15N3O4. The van der Waals surface area contributed by atoms with Crippen LogP contribution in [0.5, 0.6) is 11.5 Å². The fraction of sp³-hybridized carbons (Fsp3) is 0.312. The summed E-state index contributed by atoms with van der Waals surface area (Å²) >= 11 is 0. The second kappa shape index (κ2) is 6.01. The molecule has 1 aromatic carbocycles. The first kappa shape index (κ1) is 14.9. The van der Waals surface area contributed by atoms with Gasteiger partial charge in [-0.3, -0.25) is 13.9 Å². The van der Waals surface area contributed by atoms with Crippen LogP contribution in [-0.4, -0.2) is 22.3 Å². The van der Waals surface area contributed by atoms with Crippen molar-refractivity contribution in [2.45, 2.75) is 20.0 Å². The van der Waals surface area contributed by atoms with E-state index in [0.29, 0.717) is 31.3 Å². The summed E-state index contributed by atoms with van der Waals surface area (Å²) in [5.74, 6) is 1.23. The molecule has 2 aromatic rings. The van der Waals surface area contributed by atoms with Gasteiger partial charge >= 0.3 is 5.69 Å².